The number of aromatic nitrogens is 1. The molecule has 1 fully saturated rings. The summed E-state index contributed by atoms with van der Waals surface area (Å²) in [5.41, 5.74) is 5.55. The predicted octanol–water partition coefficient (Wildman–Crippen LogP) is 2.61. The Morgan fingerprint density at radius 2 is 2.30 bits per heavy atom. The third-order valence-electron chi connectivity index (χ3n) is 4.18. The van der Waals surface area contributed by atoms with Crippen molar-refractivity contribution in [3.8, 4) is 5.75 Å². The minimum absolute atomic E-state index is 0.0136. The smallest absolute Gasteiger partial charge is 0.239 e. The Balaban J connectivity index is 0.000000194. The SMILES string of the molecule is CC1CN(C(=O)[C@@H](C)N)CCCN1.OSc1cccc2cncc(OF)c12. The van der Waals surface area contributed by atoms with E-state index in [0.29, 0.717) is 28.4 Å². The molecule has 1 saturated heterocycles. The van der Waals surface area contributed by atoms with Crippen LogP contribution in [0.5, 0.6) is 5.75 Å². The van der Waals surface area contributed by atoms with Gasteiger partial charge in [0, 0.05) is 57.6 Å². The number of pyridine rings is 1. The van der Waals surface area contributed by atoms with Gasteiger partial charge in [0.15, 0.2) is 5.75 Å². The molecule has 148 valence electrons. The van der Waals surface area contributed by atoms with Gasteiger partial charge < -0.3 is 20.5 Å². The van der Waals surface area contributed by atoms with Crippen molar-refractivity contribution >= 4 is 28.7 Å². The molecule has 7 nitrogen and oxygen atoms in total. The molecule has 0 spiro atoms. The summed E-state index contributed by atoms with van der Waals surface area (Å²) in [6.07, 6.45) is 3.86. The molecule has 1 aliphatic heterocycles. The lowest BCUT2D eigenvalue weighted by atomic mass is 10.2. The van der Waals surface area contributed by atoms with Crippen LogP contribution in [0.4, 0.5) is 4.53 Å². The Morgan fingerprint density at radius 1 is 1.52 bits per heavy atom. The normalized spacial score (nSPS) is 18.3. The van der Waals surface area contributed by atoms with Gasteiger partial charge in [0.05, 0.1) is 12.2 Å². The molecule has 0 radical (unpaired) electrons. The second-order valence-electron chi connectivity index (χ2n) is 6.44. The highest BCUT2D eigenvalue weighted by Crippen LogP contribution is 2.32. The number of carbonyl (C=O) groups is 1. The van der Waals surface area contributed by atoms with Gasteiger partial charge in [-0.1, -0.05) is 12.1 Å². The zero-order valence-corrected chi connectivity index (χ0v) is 16.2. The second kappa shape index (κ2) is 10.4. The third kappa shape index (κ3) is 5.77. The van der Waals surface area contributed by atoms with Gasteiger partial charge in [0.2, 0.25) is 5.91 Å². The number of amides is 1. The van der Waals surface area contributed by atoms with E-state index < -0.39 is 0 Å². The molecule has 1 aromatic heterocycles. The van der Waals surface area contributed by atoms with E-state index >= 15 is 0 Å². The molecule has 0 saturated carbocycles. The predicted molar refractivity (Wildman–Crippen MR) is 104 cm³/mol. The van der Waals surface area contributed by atoms with Crippen LogP contribution >= 0.6 is 12.0 Å². The number of fused-ring (bicyclic) bond motifs is 1. The van der Waals surface area contributed by atoms with Gasteiger partial charge in [0.25, 0.3) is 0 Å². The Hall–Kier alpha value is -1.94. The van der Waals surface area contributed by atoms with Crippen LogP contribution in [0.2, 0.25) is 0 Å². The van der Waals surface area contributed by atoms with Crippen molar-refractivity contribution in [1.82, 2.24) is 15.2 Å². The maximum atomic E-state index is 12.1. The number of halogens is 1. The molecule has 9 heteroatoms. The first-order valence-electron chi connectivity index (χ1n) is 8.72. The third-order valence-corrected chi connectivity index (χ3v) is 4.72. The topological polar surface area (TPSA) is 101 Å². The van der Waals surface area contributed by atoms with E-state index in [-0.39, 0.29) is 17.7 Å². The standard InChI is InChI=1S/C9H6FNO2S.C9H19N3O/c10-13-7-5-11-4-6-2-1-3-8(14-12)9(6)7;1-7-6-12(5-3-4-11-7)9(13)8(2)10/h1-5,12H;7-8,11H,3-6,10H2,1-2H3/t;7?,8-/m.1/s1. The summed E-state index contributed by atoms with van der Waals surface area (Å²) in [6.45, 7) is 6.43. The summed E-state index contributed by atoms with van der Waals surface area (Å²) in [6, 6.07) is 5.21. The van der Waals surface area contributed by atoms with Gasteiger partial charge in [-0.15, -0.1) is 0 Å². The lowest BCUT2D eigenvalue weighted by molar-refractivity contribution is -0.132. The van der Waals surface area contributed by atoms with Crippen LogP contribution in [0.1, 0.15) is 20.3 Å². The molecule has 0 bridgehead atoms. The highest BCUT2D eigenvalue weighted by Gasteiger charge is 2.21. The number of nitrogens with two attached hydrogens (primary N) is 1. The van der Waals surface area contributed by atoms with Crippen LogP contribution < -0.4 is 16.0 Å². The lowest BCUT2D eigenvalue weighted by Crippen LogP contribution is -2.45. The quantitative estimate of drug-likeness (QED) is 0.686. The number of rotatable bonds is 3. The molecule has 4 N–H and O–H groups in total. The lowest BCUT2D eigenvalue weighted by Gasteiger charge is -2.24. The molecule has 27 heavy (non-hydrogen) atoms. The van der Waals surface area contributed by atoms with Crippen molar-refractivity contribution in [2.75, 3.05) is 19.6 Å². The van der Waals surface area contributed by atoms with Crippen LogP contribution in [0.15, 0.2) is 35.5 Å². The number of hydrogen-bond acceptors (Lipinski definition) is 7. The van der Waals surface area contributed by atoms with E-state index in [9.17, 15) is 9.32 Å². The molecule has 2 atom stereocenters. The monoisotopic (exact) mass is 396 g/mol. The maximum Gasteiger partial charge on any atom is 0.239 e. The van der Waals surface area contributed by atoms with Crippen molar-refractivity contribution in [2.24, 2.45) is 5.73 Å². The minimum atomic E-state index is -0.370. The van der Waals surface area contributed by atoms with Gasteiger partial charge in [-0.25, -0.2) is 0 Å². The summed E-state index contributed by atoms with van der Waals surface area (Å²) in [4.78, 5) is 21.5. The van der Waals surface area contributed by atoms with E-state index in [1.54, 1.807) is 31.3 Å². The molecule has 1 aromatic carbocycles. The Kier molecular flexibility index (Phi) is 8.23. The second-order valence-corrected chi connectivity index (χ2v) is 7.06. The fourth-order valence-corrected chi connectivity index (χ4v) is 3.35. The van der Waals surface area contributed by atoms with Crippen LogP contribution in [0, 0.1) is 0 Å². The summed E-state index contributed by atoms with van der Waals surface area (Å²) < 4.78 is 21.1. The molecule has 1 unspecified atom stereocenters. The van der Waals surface area contributed by atoms with Crippen LogP contribution in [0.3, 0.4) is 0 Å². The average molecular weight is 396 g/mol. The fraction of sp³-hybridized carbons (Fsp3) is 0.444. The number of hydrogen-bond donors (Lipinski definition) is 3. The highest BCUT2D eigenvalue weighted by atomic mass is 32.2. The largest absolute Gasteiger partial charge is 0.340 e. The number of nitrogens with zero attached hydrogens (tertiary/aromatic N) is 2. The Morgan fingerprint density at radius 3 is 2.96 bits per heavy atom. The van der Waals surface area contributed by atoms with Crippen LogP contribution in [-0.2, 0) is 4.79 Å². The summed E-state index contributed by atoms with van der Waals surface area (Å²) in [7, 11) is 0. The Bertz CT molecular complexity index is 724. The van der Waals surface area contributed by atoms with Gasteiger partial charge >= 0.3 is 0 Å². The molecule has 1 amide bonds. The maximum absolute atomic E-state index is 12.1. The number of nitrogens with one attached hydrogen (secondary N) is 1. The van der Waals surface area contributed by atoms with Crippen molar-refractivity contribution in [3.05, 3.63) is 30.6 Å². The van der Waals surface area contributed by atoms with Crippen molar-refractivity contribution in [1.29, 1.82) is 0 Å². The number of carbonyl (C=O) groups excluding carboxylic acids is 1. The zero-order chi connectivity index (χ0) is 19.8. The van der Waals surface area contributed by atoms with Crippen molar-refractivity contribution in [3.63, 3.8) is 0 Å². The minimum Gasteiger partial charge on any atom is -0.340 e. The summed E-state index contributed by atoms with van der Waals surface area (Å²) in [5.74, 6) is 0.0789. The molecule has 3 rings (SSSR count). The molecular formula is C18H25FN4O3S. The van der Waals surface area contributed by atoms with Crippen molar-refractivity contribution in [2.45, 2.75) is 37.2 Å². The van der Waals surface area contributed by atoms with E-state index in [1.807, 2.05) is 4.90 Å². The van der Waals surface area contributed by atoms with Gasteiger partial charge in [-0.2, -0.15) is 0 Å². The first-order valence-corrected chi connectivity index (χ1v) is 9.49. The van der Waals surface area contributed by atoms with Gasteiger partial charge in [-0.05, 0) is 32.9 Å². The number of benzene rings is 1. The van der Waals surface area contributed by atoms with E-state index in [1.165, 1.54) is 6.20 Å². The van der Waals surface area contributed by atoms with Gasteiger partial charge in [-0.3, -0.25) is 14.7 Å². The first-order chi connectivity index (χ1) is 13.0. The van der Waals surface area contributed by atoms with Gasteiger partial charge in [0.1, 0.15) is 0 Å². The molecular weight excluding hydrogens is 371 g/mol. The van der Waals surface area contributed by atoms with E-state index in [4.69, 9.17) is 10.3 Å². The fourth-order valence-electron chi connectivity index (χ4n) is 2.90. The first kappa shape index (κ1) is 21.4. The highest BCUT2D eigenvalue weighted by molar-refractivity contribution is 7.94. The molecule has 1 aliphatic rings. The van der Waals surface area contributed by atoms with E-state index in [0.717, 1.165) is 31.4 Å². The molecule has 2 heterocycles. The van der Waals surface area contributed by atoms with Crippen molar-refractivity contribution < 1.29 is 18.8 Å². The van der Waals surface area contributed by atoms with Crippen LogP contribution in [-0.4, -0.2) is 52.1 Å². The van der Waals surface area contributed by atoms with E-state index in [2.05, 4.69) is 22.2 Å². The zero-order valence-electron chi connectivity index (χ0n) is 15.4. The summed E-state index contributed by atoms with van der Waals surface area (Å²) in [5, 5.41) is 4.58. The molecule has 0 aliphatic carbocycles. The summed E-state index contributed by atoms with van der Waals surface area (Å²) >= 11 is 0.553. The van der Waals surface area contributed by atoms with Crippen LogP contribution in [0.25, 0.3) is 10.8 Å². The Labute approximate surface area is 162 Å². The average Bonchev–Trinajstić information content (AvgIpc) is 2.91. The molecule has 2 aromatic rings.